The molecule has 11 nitrogen and oxygen atoms in total. The molecule has 2 amide bonds. The highest BCUT2D eigenvalue weighted by molar-refractivity contribution is 5.99. The van der Waals surface area contributed by atoms with E-state index in [1.807, 2.05) is 66.4 Å². The molecule has 3 N–H and O–H groups in total. The van der Waals surface area contributed by atoms with Crippen LogP contribution in [0.4, 0.5) is 17.5 Å². The summed E-state index contributed by atoms with van der Waals surface area (Å²) >= 11 is 0. The van der Waals surface area contributed by atoms with Crippen molar-refractivity contribution in [3.63, 3.8) is 0 Å². The van der Waals surface area contributed by atoms with Gasteiger partial charge in [0.1, 0.15) is 11.6 Å². The number of methoxy groups -OCH3 is 2. The molecule has 5 rings (SSSR count). The molecule has 0 aliphatic carbocycles. The molecule has 0 radical (unpaired) electrons. The number of fused-ring (bicyclic) bond motifs is 1. The van der Waals surface area contributed by atoms with Gasteiger partial charge in [0, 0.05) is 31.3 Å². The number of benzene rings is 2. The molecule has 41 heavy (non-hydrogen) atoms. The normalized spacial score (nSPS) is 15.2. The highest BCUT2D eigenvalue weighted by Gasteiger charge is 2.31. The third-order valence-electron chi connectivity index (χ3n) is 6.82. The van der Waals surface area contributed by atoms with Crippen molar-refractivity contribution in [1.29, 1.82) is 0 Å². The molecule has 2 aromatic heterocycles. The number of hydrogen-bond donors (Lipinski definition) is 3. The lowest BCUT2D eigenvalue weighted by Crippen LogP contribution is -2.48. The van der Waals surface area contributed by atoms with Crippen molar-refractivity contribution in [2.45, 2.75) is 26.3 Å². The molecule has 0 bridgehead atoms. The quantitative estimate of drug-likeness (QED) is 0.312. The summed E-state index contributed by atoms with van der Waals surface area (Å²) in [6.07, 6.45) is 0.782. The first-order valence-corrected chi connectivity index (χ1v) is 13.4. The topological polar surface area (TPSA) is 131 Å². The second-order valence-electron chi connectivity index (χ2n) is 9.81. The number of amides is 2. The highest BCUT2D eigenvalue weighted by Crippen LogP contribution is 2.34. The molecule has 11 heteroatoms. The Bertz CT molecular complexity index is 1590. The summed E-state index contributed by atoms with van der Waals surface area (Å²) in [6.45, 7) is 5.09. The van der Waals surface area contributed by atoms with Gasteiger partial charge < -0.3 is 25.0 Å². The molecule has 1 aliphatic rings. The van der Waals surface area contributed by atoms with Gasteiger partial charge >= 0.3 is 0 Å². The molecule has 3 heterocycles. The standard InChI is InChI=1S/C30H33N7O4/c1-18-7-5-8-21(15-18)33-29(39)24-17-31-13-6-14-37(24)28-27-23(35-30(36-28)32-19(2)38)11-10-22(34-27)20-9-12-25(40-3)26(16-20)41-4/h5,7-12,15-16,24,31H,6,13-14,17H2,1-4H3,(H,33,39)(H,32,35,36,38). The van der Waals surface area contributed by atoms with Gasteiger partial charge in [-0.05, 0) is 67.9 Å². The largest absolute Gasteiger partial charge is 0.493 e. The monoisotopic (exact) mass is 555 g/mol. The Hall–Kier alpha value is -4.77. The number of anilines is 3. The Kier molecular flexibility index (Phi) is 8.25. The summed E-state index contributed by atoms with van der Waals surface area (Å²) < 4.78 is 10.9. The first-order chi connectivity index (χ1) is 19.9. The Balaban J connectivity index is 1.61. The predicted octanol–water partition coefficient (Wildman–Crippen LogP) is 3.78. The lowest BCUT2D eigenvalue weighted by Gasteiger charge is -2.30. The van der Waals surface area contributed by atoms with Crippen molar-refractivity contribution in [2.24, 2.45) is 0 Å². The van der Waals surface area contributed by atoms with Crippen LogP contribution in [0.1, 0.15) is 18.9 Å². The van der Waals surface area contributed by atoms with Crippen LogP contribution in [0.3, 0.4) is 0 Å². The lowest BCUT2D eigenvalue weighted by molar-refractivity contribution is -0.117. The van der Waals surface area contributed by atoms with Crippen molar-refractivity contribution >= 4 is 40.3 Å². The Morgan fingerprint density at radius 2 is 1.80 bits per heavy atom. The molecule has 2 aromatic carbocycles. The minimum atomic E-state index is -0.590. The number of nitrogens with one attached hydrogen (secondary N) is 3. The van der Waals surface area contributed by atoms with Crippen LogP contribution in [-0.4, -0.2) is 66.7 Å². The van der Waals surface area contributed by atoms with Crippen LogP contribution in [0.25, 0.3) is 22.3 Å². The van der Waals surface area contributed by atoms with Crippen molar-refractivity contribution in [3.8, 4) is 22.8 Å². The van der Waals surface area contributed by atoms with Gasteiger partial charge in [-0.1, -0.05) is 12.1 Å². The molecule has 0 spiro atoms. The maximum Gasteiger partial charge on any atom is 0.248 e. The molecule has 212 valence electrons. The maximum absolute atomic E-state index is 13.7. The van der Waals surface area contributed by atoms with Gasteiger partial charge in [0.25, 0.3) is 0 Å². The van der Waals surface area contributed by atoms with E-state index in [1.54, 1.807) is 14.2 Å². The average Bonchev–Trinajstić information content (AvgIpc) is 3.22. The molecule has 0 saturated carbocycles. The number of aromatic nitrogens is 3. The van der Waals surface area contributed by atoms with Crippen LogP contribution in [0.2, 0.25) is 0 Å². The van der Waals surface area contributed by atoms with Crippen LogP contribution < -0.4 is 30.3 Å². The first-order valence-electron chi connectivity index (χ1n) is 13.4. The van der Waals surface area contributed by atoms with Crippen LogP contribution in [0.5, 0.6) is 11.5 Å². The zero-order chi connectivity index (χ0) is 28.9. The molecule has 1 unspecified atom stereocenters. The van der Waals surface area contributed by atoms with E-state index in [1.165, 1.54) is 6.92 Å². The summed E-state index contributed by atoms with van der Waals surface area (Å²) in [5, 5.41) is 9.12. The summed E-state index contributed by atoms with van der Waals surface area (Å²) in [6, 6.07) is 16.4. The minimum absolute atomic E-state index is 0.149. The van der Waals surface area contributed by atoms with Gasteiger partial charge in [0.15, 0.2) is 17.3 Å². The Labute approximate surface area is 238 Å². The zero-order valence-electron chi connectivity index (χ0n) is 23.5. The molecular weight excluding hydrogens is 522 g/mol. The third-order valence-corrected chi connectivity index (χ3v) is 6.82. The molecule has 1 atom stereocenters. The van der Waals surface area contributed by atoms with Crippen molar-refractivity contribution in [3.05, 3.63) is 60.2 Å². The van der Waals surface area contributed by atoms with Gasteiger partial charge in [-0.15, -0.1) is 0 Å². The Morgan fingerprint density at radius 3 is 2.56 bits per heavy atom. The summed E-state index contributed by atoms with van der Waals surface area (Å²) in [7, 11) is 3.17. The fraction of sp³-hybridized carbons (Fsp3) is 0.300. The van der Waals surface area contributed by atoms with Gasteiger partial charge in [-0.3, -0.25) is 14.9 Å². The second kappa shape index (κ2) is 12.2. The predicted molar refractivity (Wildman–Crippen MR) is 159 cm³/mol. The number of carbonyl (C=O) groups is 2. The van der Waals surface area contributed by atoms with E-state index < -0.39 is 6.04 Å². The number of rotatable bonds is 7. The smallest absolute Gasteiger partial charge is 0.248 e. The van der Waals surface area contributed by atoms with Crippen molar-refractivity contribution in [1.82, 2.24) is 20.3 Å². The fourth-order valence-electron chi connectivity index (χ4n) is 4.88. The molecule has 1 fully saturated rings. The van der Waals surface area contributed by atoms with Crippen LogP contribution in [-0.2, 0) is 9.59 Å². The minimum Gasteiger partial charge on any atom is -0.493 e. The number of aryl methyl sites for hydroxylation is 1. The summed E-state index contributed by atoms with van der Waals surface area (Å²) in [5.41, 5.74) is 4.31. The maximum atomic E-state index is 13.7. The summed E-state index contributed by atoms with van der Waals surface area (Å²) in [4.78, 5) is 41.8. The van der Waals surface area contributed by atoms with E-state index >= 15 is 0 Å². The van der Waals surface area contributed by atoms with Gasteiger partial charge in [0.2, 0.25) is 17.8 Å². The van der Waals surface area contributed by atoms with Gasteiger partial charge in [-0.25, -0.2) is 9.97 Å². The van der Waals surface area contributed by atoms with E-state index in [0.29, 0.717) is 47.1 Å². The highest BCUT2D eigenvalue weighted by atomic mass is 16.5. The second-order valence-corrected chi connectivity index (χ2v) is 9.81. The zero-order valence-corrected chi connectivity index (χ0v) is 23.5. The SMILES string of the molecule is COc1ccc(-c2ccc3nc(NC(C)=O)nc(N4CCCNCC4C(=O)Nc4cccc(C)c4)c3n2)cc1OC. The molecule has 1 saturated heterocycles. The first kappa shape index (κ1) is 27.8. The van der Waals surface area contributed by atoms with Gasteiger partial charge in [0.05, 0.1) is 25.4 Å². The number of nitrogens with zero attached hydrogens (tertiary/aromatic N) is 4. The molecule has 4 aromatic rings. The van der Waals surface area contributed by atoms with E-state index in [4.69, 9.17) is 19.4 Å². The number of pyridine rings is 1. The number of ether oxygens (including phenoxy) is 2. The number of carbonyl (C=O) groups excluding carboxylic acids is 2. The third kappa shape index (κ3) is 6.20. The van der Waals surface area contributed by atoms with Crippen molar-refractivity contribution in [2.75, 3.05) is 49.4 Å². The van der Waals surface area contributed by atoms with Crippen LogP contribution in [0, 0.1) is 6.92 Å². The van der Waals surface area contributed by atoms with Crippen molar-refractivity contribution < 1.29 is 19.1 Å². The lowest BCUT2D eigenvalue weighted by atomic mass is 10.1. The van der Waals surface area contributed by atoms with E-state index in [2.05, 4.69) is 20.9 Å². The average molecular weight is 556 g/mol. The Morgan fingerprint density at radius 1 is 0.976 bits per heavy atom. The van der Waals surface area contributed by atoms with E-state index in [-0.39, 0.29) is 17.8 Å². The van der Waals surface area contributed by atoms with Crippen LogP contribution in [0.15, 0.2) is 54.6 Å². The molecular formula is C30H33N7O4. The van der Waals surface area contributed by atoms with Crippen LogP contribution >= 0.6 is 0 Å². The van der Waals surface area contributed by atoms with Gasteiger partial charge in [-0.2, -0.15) is 4.98 Å². The summed E-state index contributed by atoms with van der Waals surface area (Å²) in [5.74, 6) is 1.34. The fourth-order valence-corrected chi connectivity index (χ4v) is 4.88. The van der Waals surface area contributed by atoms with E-state index in [9.17, 15) is 9.59 Å². The van der Waals surface area contributed by atoms with E-state index in [0.717, 1.165) is 29.8 Å². The number of hydrogen-bond acceptors (Lipinski definition) is 9. The molecule has 1 aliphatic heterocycles.